The molecule has 0 bridgehead atoms. The number of fused-ring (bicyclic) bond motifs is 1. The van der Waals surface area contributed by atoms with Crippen LogP contribution in [-0.4, -0.2) is 16.8 Å². The number of ketones is 1. The monoisotopic (exact) mass is 361 g/mol. The summed E-state index contributed by atoms with van der Waals surface area (Å²) in [5.41, 5.74) is -0.846. The molecule has 17 heavy (non-hydrogen) atoms. The van der Waals surface area contributed by atoms with E-state index in [1.807, 2.05) is 0 Å². The first-order valence-electron chi connectivity index (χ1n) is 4.87. The zero-order valence-corrected chi connectivity index (χ0v) is 12.1. The Kier molecular flexibility index (Phi) is 3.14. The van der Waals surface area contributed by atoms with E-state index in [2.05, 4.69) is 37.2 Å². The van der Waals surface area contributed by atoms with Gasteiger partial charge in [0.05, 0.1) is 0 Å². The SMILES string of the molecule is CC(=O)C[C@]1(O)C(=O)Nc2cc(Br)cc(Br)c21. The highest BCUT2D eigenvalue weighted by atomic mass is 79.9. The number of halogens is 2. The van der Waals surface area contributed by atoms with Crippen molar-refractivity contribution in [2.75, 3.05) is 5.32 Å². The molecule has 2 rings (SSSR count). The van der Waals surface area contributed by atoms with E-state index in [1.165, 1.54) is 6.92 Å². The van der Waals surface area contributed by atoms with E-state index in [-0.39, 0.29) is 12.2 Å². The molecule has 1 aliphatic heterocycles. The van der Waals surface area contributed by atoms with E-state index in [0.29, 0.717) is 15.7 Å². The number of benzene rings is 1. The number of carbonyl (C=O) groups is 2. The summed E-state index contributed by atoms with van der Waals surface area (Å²) in [5.74, 6) is -0.813. The number of anilines is 1. The van der Waals surface area contributed by atoms with Crippen molar-refractivity contribution >= 4 is 49.2 Å². The van der Waals surface area contributed by atoms with Gasteiger partial charge in [-0.1, -0.05) is 31.9 Å². The molecule has 1 aromatic rings. The zero-order valence-electron chi connectivity index (χ0n) is 8.88. The Balaban J connectivity index is 2.61. The Bertz CT molecular complexity index is 530. The van der Waals surface area contributed by atoms with Crippen LogP contribution in [-0.2, 0) is 15.2 Å². The fraction of sp³-hybridized carbons (Fsp3) is 0.273. The molecule has 1 heterocycles. The van der Waals surface area contributed by atoms with E-state index in [1.54, 1.807) is 12.1 Å². The maximum Gasteiger partial charge on any atom is 0.261 e. The lowest BCUT2D eigenvalue weighted by atomic mass is 9.90. The minimum Gasteiger partial charge on any atom is -0.375 e. The summed E-state index contributed by atoms with van der Waals surface area (Å²) in [4.78, 5) is 23.0. The van der Waals surface area contributed by atoms with Crippen molar-refractivity contribution in [1.29, 1.82) is 0 Å². The lowest BCUT2D eigenvalue weighted by Crippen LogP contribution is -2.36. The van der Waals surface area contributed by atoms with E-state index >= 15 is 0 Å². The van der Waals surface area contributed by atoms with E-state index in [4.69, 9.17) is 0 Å². The molecule has 0 fully saturated rings. The molecule has 2 N–H and O–H groups in total. The van der Waals surface area contributed by atoms with Crippen molar-refractivity contribution in [2.45, 2.75) is 18.9 Å². The van der Waals surface area contributed by atoms with Crippen LogP contribution in [0.2, 0.25) is 0 Å². The summed E-state index contributed by atoms with van der Waals surface area (Å²) in [6.07, 6.45) is -0.230. The van der Waals surface area contributed by atoms with Gasteiger partial charge in [0.1, 0.15) is 5.78 Å². The van der Waals surface area contributed by atoms with Gasteiger partial charge in [-0.25, -0.2) is 0 Å². The van der Waals surface area contributed by atoms with Crippen molar-refractivity contribution in [3.05, 3.63) is 26.6 Å². The number of hydrogen-bond acceptors (Lipinski definition) is 3. The van der Waals surface area contributed by atoms with Crippen molar-refractivity contribution in [2.24, 2.45) is 0 Å². The molecule has 0 saturated heterocycles. The molecule has 0 aromatic heterocycles. The summed E-state index contributed by atoms with van der Waals surface area (Å²) in [6, 6.07) is 3.42. The largest absolute Gasteiger partial charge is 0.375 e. The molecule has 4 nitrogen and oxygen atoms in total. The quantitative estimate of drug-likeness (QED) is 0.848. The van der Waals surface area contributed by atoms with Gasteiger partial charge in [-0.2, -0.15) is 0 Å². The van der Waals surface area contributed by atoms with Gasteiger partial charge < -0.3 is 10.4 Å². The first-order chi connectivity index (χ1) is 7.84. The van der Waals surface area contributed by atoms with Crippen LogP contribution >= 0.6 is 31.9 Å². The Morgan fingerprint density at radius 1 is 1.47 bits per heavy atom. The van der Waals surface area contributed by atoms with Gasteiger partial charge in [-0.15, -0.1) is 0 Å². The maximum absolute atomic E-state index is 11.8. The van der Waals surface area contributed by atoms with Crippen LogP contribution in [0, 0.1) is 0 Å². The third-order valence-electron chi connectivity index (χ3n) is 2.60. The second kappa shape index (κ2) is 4.19. The highest BCUT2D eigenvalue weighted by Crippen LogP contribution is 2.44. The van der Waals surface area contributed by atoms with Crippen molar-refractivity contribution in [3.63, 3.8) is 0 Å². The third kappa shape index (κ3) is 2.05. The highest BCUT2D eigenvalue weighted by molar-refractivity contribution is 9.11. The first-order valence-corrected chi connectivity index (χ1v) is 6.46. The summed E-state index contributed by atoms with van der Waals surface area (Å²) in [7, 11) is 0. The van der Waals surface area contributed by atoms with Crippen LogP contribution in [0.15, 0.2) is 21.1 Å². The molecule has 6 heteroatoms. The van der Waals surface area contributed by atoms with E-state index < -0.39 is 11.5 Å². The minimum absolute atomic E-state index is 0.230. The summed E-state index contributed by atoms with van der Waals surface area (Å²) < 4.78 is 1.36. The van der Waals surface area contributed by atoms with Crippen LogP contribution in [0.1, 0.15) is 18.9 Å². The predicted octanol–water partition coefficient (Wildman–Crippen LogP) is 2.33. The van der Waals surface area contributed by atoms with Crippen molar-refractivity contribution < 1.29 is 14.7 Å². The fourth-order valence-electron chi connectivity index (χ4n) is 1.96. The molecule has 1 amide bonds. The Morgan fingerprint density at radius 2 is 2.12 bits per heavy atom. The van der Waals surface area contributed by atoms with Gasteiger partial charge in [0, 0.05) is 26.6 Å². The van der Waals surface area contributed by atoms with E-state index in [0.717, 1.165) is 4.47 Å². The number of aliphatic hydroxyl groups is 1. The normalized spacial score (nSPS) is 22.2. The molecule has 90 valence electrons. The van der Waals surface area contributed by atoms with Crippen LogP contribution in [0.25, 0.3) is 0 Å². The maximum atomic E-state index is 11.8. The molecule has 1 atom stereocenters. The fourth-order valence-corrected chi connectivity index (χ4v) is 3.51. The average Bonchev–Trinajstić information content (AvgIpc) is 2.36. The number of rotatable bonds is 2. The van der Waals surface area contributed by atoms with Crippen LogP contribution < -0.4 is 5.32 Å². The van der Waals surface area contributed by atoms with Crippen LogP contribution in [0.5, 0.6) is 0 Å². The standard InChI is InChI=1S/C11H9Br2NO3/c1-5(15)4-11(17)9-7(13)2-6(12)3-8(9)14-10(11)16/h2-3,17H,4H2,1H3,(H,14,16)/t11-/m1/s1. The van der Waals surface area contributed by atoms with Gasteiger partial charge >= 0.3 is 0 Å². The van der Waals surface area contributed by atoms with Crippen molar-refractivity contribution in [3.8, 4) is 0 Å². The van der Waals surface area contributed by atoms with Crippen LogP contribution in [0.3, 0.4) is 0 Å². The van der Waals surface area contributed by atoms with Gasteiger partial charge in [-0.05, 0) is 19.1 Å². The number of amides is 1. The Labute approximate surface area is 115 Å². The lowest BCUT2D eigenvalue weighted by molar-refractivity contribution is -0.139. The van der Waals surface area contributed by atoms with Gasteiger partial charge in [0.2, 0.25) is 0 Å². The Hall–Kier alpha value is -0.720. The average molecular weight is 363 g/mol. The Morgan fingerprint density at radius 3 is 2.71 bits per heavy atom. The number of nitrogens with one attached hydrogen (secondary N) is 1. The first kappa shape index (κ1) is 12.7. The third-order valence-corrected chi connectivity index (χ3v) is 3.68. The predicted molar refractivity (Wildman–Crippen MR) is 69.7 cm³/mol. The van der Waals surface area contributed by atoms with Gasteiger partial charge in [0.25, 0.3) is 5.91 Å². The molecule has 1 aliphatic rings. The van der Waals surface area contributed by atoms with Gasteiger partial charge in [0.15, 0.2) is 5.60 Å². The molecule has 0 aliphatic carbocycles. The number of Topliss-reactive ketones (excluding diaryl/α,β-unsaturated/α-hetero) is 1. The molecule has 0 radical (unpaired) electrons. The van der Waals surface area contributed by atoms with Crippen LogP contribution in [0.4, 0.5) is 5.69 Å². The summed E-state index contributed by atoms with van der Waals surface area (Å²) in [6.45, 7) is 1.34. The number of carbonyl (C=O) groups excluding carboxylic acids is 2. The van der Waals surface area contributed by atoms with E-state index in [9.17, 15) is 14.7 Å². The highest BCUT2D eigenvalue weighted by Gasteiger charge is 2.47. The minimum atomic E-state index is -1.78. The zero-order chi connectivity index (χ0) is 12.8. The number of hydrogen-bond donors (Lipinski definition) is 2. The second-order valence-electron chi connectivity index (χ2n) is 4.00. The smallest absolute Gasteiger partial charge is 0.261 e. The summed E-state index contributed by atoms with van der Waals surface area (Å²) >= 11 is 6.59. The summed E-state index contributed by atoms with van der Waals surface area (Å²) in [5, 5.41) is 12.9. The van der Waals surface area contributed by atoms with Gasteiger partial charge in [-0.3, -0.25) is 9.59 Å². The molecular formula is C11H9Br2NO3. The lowest BCUT2D eigenvalue weighted by Gasteiger charge is -2.20. The van der Waals surface area contributed by atoms with Crippen molar-refractivity contribution in [1.82, 2.24) is 0 Å². The topological polar surface area (TPSA) is 66.4 Å². The molecule has 0 unspecified atom stereocenters. The second-order valence-corrected chi connectivity index (χ2v) is 5.77. The molecular weight excluding hydrogens is 354 g/mol. The molecule has 0 spiro atoms. The molecule has 0 saturated carbocycles. The molecule has 1 aromatic carbocycles.